The number of benzene rings is 2. The summed E-state index contributed by atoms with van der Waals surface area (Å²) in [4.78, 5) is 27.8. The lowest BCUT2D eigenvalue weighted by atomic mass is 9.94. The van der Waals surface area contributed by atoms with Crippen molar-refractivity contribution in [3.63, 3.8) is 0 Å². The quantitative estimate of drug-likeness (QED) is 0.299. The molecule has 192 valence electrons. The van der Waals surface area contributed by atoms with Crippen LogP contribution in [-0.4, -0.2) is 61.3 Å². The van der Waals surface area contributed by atoms with Crippen molar-refractivity contribution in [1.29, 1.82) is 0 Å². The van der Waals surface area contributed by atoms with Gasteiger partial charge in [0.25, 0.3) is 11.7 Å². The van der Waals surface area contributed by atoms with Crippen molar-refractivity contribution in [3.05, 3.63) is 58.7 Å². The molecule has 2 aliphatic heterocycles. The summed E-state index contributed by atoms with van der Waals surface area (Å²) in [6.45, 7) is 7.26. The van der Waals surface area contributed by atoms with Crippen LogP contribution in [0.2, 0.25) is 0 Å². The maximum atomic E-state index is 13.3. The zero-order chi connectivity index (χ0) is 25.8. The molecule has 2 atom stereocenters. The molecule has 2 heterocycles. The number of Topliss-reactive ketones (excluding diaryl/α,β-unsaturated/α-hetero) is 1. The topological polar surface area (TPSA) is 94.5 Å². The minimum Gasteiger partial charge on any atom is -0.507 e. The van der Waals surface area contributed by atoms with Crippen LogP contribution in [-0.2, 0) is 20.7 Å². The maximum absolute atomic E-state index is 13.3. The van der Waals surface area contributed by atoms with Crippen molar-refractivity contribution in [1.82, 2.24) is 4.90 Å². The summed E-state index contributed by atoms with van der Waals surface area (Å²) in [5.74, 6) is 0.238. The number of carbonyl (C=O) groups is 2. The number of aliphatic hydroxyl groups is 1. The Morgan fingerprint density at radius 3 is 2.61 bits per heavy atom. The number of amides is 1. The lowest BCUT2D eigenvalue weighted by Crippen LogP contribution is -2.32. The van der Waals surface area contributed by atoms with E-state index in [2.05, 4.69) is 0 Å². The summed E-state index contributed by atoms with van der Waals surface area (Å²) in [5, 5.41) is 11.4. The average molecular weight is 496 g/mol. The molecule has 36 heavy (non-hydrogen) atoms. The Bertz CT molecular complexity index is 1170. The zero-order valence-electron chi connectivity index (χ0n) is 21.2. The van der Waals surface area contributed by atoms with Gasteiger partial charge in [0.2, 0.25) is 0 Å². The molecule has 0 aliphatic carbocycles. The Labute approximate surface area is 211 Å². The van der Waals surface area contributed by atoms with Gasteiger partial charge in [0.1, 0.15) is 17.6 Å². The van der Waals surface area contributed by atoms with E-state index >= 15 is 0 Å². The summed E-state index contributed by atoms with van der Waals surface area (Å²) in [7, 11) is 1.53. The fraction of sp³-hybridized carbons (Fsp3) is 0.429. The Balaban J connectivity index is 1.82. The summed E-state index contributed by atoms with van der Waals surface area (Å²) < 4.78 is 22.6. The molecule has 2 aromatic rings. The van der Waals surface area contributed by atoms with Gasteiger partial charge in [-0.15, -0.1) is 0 Å². The molecule has 1 N–H and O–H groups in total. The summed E-state index contributed by atoms with van der Waals surface area (Å²) in [5.41, 5.74) is 2.09. The third-order valence-electron chi connectivity index (χ3n) is 6.29. The highest BCUT2D eigenvalue weighted by atomic mass is 16.5. The molecule has 2 aliphatic rings. The molecule has 0 radical (unpaired) electrons. The Hall–Kier alpha value is -3.52. The van der Waals surface area contributed by atoms with Gasteiger partial charge in [-0.1, -0.05) is 13.0 Å². The molecule has 0 aromatic heterocycles. The number of ketones is 1. The van der Waals surface area contributed by atoms with E-state index in [1.54, 1.807) is 30.3 Å². The van der Waals surface area contributed by atoms with E-state index < -0.39 is 17.7 Å². The standard InChI is InChI=1S/C28H33NO7/c1-5-12-35-22-10-7-18(16-23(22)34-6-2)25-24(27(31)28(32)29(25)11-13-33-4)26(30)19-8-9-21-20(15-19)14-17(3)36-21/h7-10,15-17,25,30H,5-6,11-14H2,1-4H3/t17-,25+/m1/s1. The highest BCUT2D eigenvalue weighted by Gasteiger charge is 2.46. The molecule has 0 spiro atoms. The Morgan fingerprint density at radius 2 is 1.89 bits per heavy atom. The van der Waals surface area contributed by atoms with Crippen molar-refractivity contribution < 1.29 is 33.6 Å². The average Bonchev–Trinajstić information content (AvgIpc) is 3.37. The van der Waals surface area contributed by atoms with Crippen LogP contribution in [0.4, 0.5) is 0 Å². The molecule has 1 amide bonds. The monoisotopic (exact) mass is 495 g/mol. The molecule has 1 fully saturated rings. The van der Waals surface area contributed by atoms with Gasteiger partial charge in [-0.3, -0.25) is 9.59 Å². The van der Waals surface area contributed by atoms with E-state index in [1.807, 2.05) is 26.8 Å². The summed E-state index contributed by atoms with van der Waals surface area (Å²) in [6, 6.07) is 9.87. The number of likely N-dealkylation sites (tertiary alicyclic amines) is 1. The molecule has 4 rings (SSSR count). The second kappa shape index (κ2) is 11.0. The molecule has 2 aromatic carbocycles. The fourth-order valence-corrected chi connectivity index (χ4v) is 4.67. The van der Waals surface area contributed by atoms with E-state index in [0.29, 0.717) is 42.3 Å². The highest BCUT2D eigenvalue weighted by molar-refractivity contribution is 6.46. The molecule has 8 nitrogen and oxygen atoms in total. The van der Waals surface area contributed by atoms with Gasteiger partial charge in [0, 0.05) is 25.6 Å². The van der Waals surface area contributed by atoms with Gasteiger partial charge in [0.05, 0.1) is 31.4 Å². The van der Waals surface area contributed by atoms with Crippen LogP contribution in [0.3, 0.4) is 0 Å². The third kappa shape index (κ3) is 4.91. The van der Waals surface area contributed by atoms with Crippen LogP contribution in [0.5, 0.6) is 17.2 Å². The number of ether oxygens (including phenoxy) is 4. The van der Waals surface area contributed by atoms with Gasteiger partial charge in [-0.2, -0.15) is 0 Å². The van der Waals surface area contributed by atoms with Crippen LogP contribution in [0, 0.1) is 0 Å². The first-order valence-corrected chi connectivity index (χ1v) is 12.4. The molecular weight excluding hydrogens is 462 g/mol. The first kappa shape index (κ1) is 25.6. The smallest absolute Gasteiger partial charge is 0.295 e. The normalized spacial score (nSPS) is 20.4. The molecule has 8 heteroatoms. The summed E-state index contributed by atoms with van der Waals surface area (Å²) in [6.07, 6.45) is 1.59. The van der Waals surface area contributed by atoms with Crippen LogP contribution < -0.4 is 14.2 Å². The molecule has 0 unspecified atom stereocenters. The van der Waals surface area contributed by atoms with Gasteiger partial charge < -0.3 is 29.0 Å². The van der Waals surface area contributed by atoms with E-state index in [1.165, 1.54) is 12.0 Å². The molecule has 0 saturated carbocycles. The second-order valence-electron chi connectivity index (χ2n) is 8.93. The predicted octanol–water partition coefficient (Wildman–Crippen LogP) is 4.27. The van der Waals surface area contributed by atoms with Crippen molar-refractivity contribution in [2.75, 3.05) is 33.5 Å². The second-order valence-corrected chi connectivity index (χ2v) is 8.93. The number of methoxy groups -OCH3 is 1. The largest absolute Gasteiger partial charge is 0.507 e. The Morgan fingerprint density at radius 1 is 1.08 bits per heavy atom. The van der Waals surface area contributed by atoms with E-state index in [4.69, 9.17) is 18.9 Å². The van der Waals surface area contributed by atoms with Gasteiger partial charge in [0.15, 0.2) is 11.5 Å². The predicted molar refractivity (Wildman–Crippen MR) is 135 cm³/mol. The highest BCUT2D eigenvalue weighted by Crippen LogP contribution is 2.42. The number of hydrogen-bond donors (Lipinski definition) is 1. The minimum absolute atomic E-state index is 0.0349. The lowest BCUT2D eigenvalue weighted by molar-refractivity contribution is -0.140. The van der Waals surface area contributed by atoms with E-state index in [0.717, 1.165) is 17.7 Å². The van der Waals surface area contributed by atoms with Crippen molar-refractivity contribution in [2.45, 2.75) is 45.8 Å². The molecular formula is C28H33NO7. The SMILES string of the molecule is CCCOc1ccc([C@H]2C(=C(O)c3ccc4c(c3)C[C@@H](C)O4)C(=O)C(=O)N2CCOC)cc1OCC. The number of nitrogens with zero attached hydrogens (tertiary/aromatic N) is 1. The van der Waals surface area contributed by atoms with Gasteiger partial charge in [-0.05, 0) is 61.7 Å². The van der Waals surface area contributed by atoms with Crippen molar-refractivity contribution >= 4 is 17.4 Å². The van der Waals surface area contributed by atoms with Crippen molar-refractivity contribution in [2.24, 2.45) is 0 Å². The minimum atomic E-state index is -0.803. The number of aliphatic hydroxyl groups excluding tert-OH is 1. The van der Waals surface area contributed by atoms with Crippen LogP contribution in [0.15, 0.2) is 42.0 Å². The molecule has 0 bridgehead atoms. The zero-order valence-corrected chi connectivity index (χ0v) is 21.2. The third-order valence-corrected chi connectivity index (χ3v) is 6.29. The van der Waals surface area contributed by atoms with Crippen LogP contribution in [0.1, 0.15) is 49.9 Å². The number of fused-ring (bicyclic) bond motifs is 1. The van der Waals surface area contributed by atoms with E-state index in [-0.39, 0.29) is 30.6 Å². The van der Waals surface area contributed by atoms with Crippen molar-refractivity contribution in [3.8, 4) is 17.2 Å². The number of carbonyl (C=O) groups excluding carboxylic acids is 2. The van der Waals surface area contributed by atoms with Gasteiger partial charge >= 0.3 is 0 Å². The van der Waals surface area contributed by atoms with Gasteiger partial charge in [-0.25, -0.2) is 0 Å². The molecule has 1 saturated heterocycles. The first-order chi connectivity index (χ1) is 17.4. The van der Waals surface area contributed by atoms with Crippen LogP contribution in [0.25, 0.3) is 5.76 Å². The number of hydrogen-bond acceptors (Lipinski definition) is 7. The fourth-order valence-electron chi connectivity index (χ4n) is 4.67. The lowest BCUT2D eigenvalue weighted by Gasteiger charge is -2.26. The van der Waals surface area contributed by atoms with E-state index in [9.17, 15) is 14.7 Å². The Kier molecular flexibility index (Phi) is 7.84. The summed E-state index contributed by atoms with van der Waals surface area (Å²) >= 11 is 0. The number of rotatable bonds is 10. The van der Waals surface area contributed by atoms with Crippen LogP contribution >= 0.6 is 0 Å². The maximum Gasteiger partial charge on any atom is 0.295 e. The first-order valence-electron chi connectivity index (χ1n) is 12.4.